The fourth-order valence-electron chi connectivity index (χ4n) is 2.70. The Balaban J connectivity index is 1.83. The molecule has 0 aliphatic carbocycles. The monoisotopic (exact) mass is 380 g/mol. The van der Waals surface area contributed by atoms with E-state index in [1.807, 2.05) is 36.9 Å². The van der Waals surface area contributed by atoms with E-state index in [4.69, 9.17) is 11.6 Å². The Morgan fingerprint density at radius 2 is 1.85 bits per heavy atom. The Kier molecular flexibility index (Phi) is 6.04. The van der Waals surface area contributed by atoms with Gasteiger partial charge < -0.3 is 10.2 Å². The average Bonchev–Trinajstić information content (AvgIpc) is 2.66. The van der Waals surface area contributed by atoms with Gasteiger partial charge in [-0.2, -0.15) is 0 Å². The molecule has 3 aromatic rings. The van der Waals surface area contributed by atoms with E-state index in [0.29, 0.717) is 28.9 Å². The lowest BCUT2D eigenvalue weighted by atomic mass is 10.2. The van der Waals surface area contributed by atoms with Crippen LogP contribution in [0.2, 0.25) is 5.02 Å². The highest BCUT2D eigenvalue weighted by atomic mass is 35.5. The summed E-state index contributed by atoms with van der Waals surface area (Å²) in [5.74, 6) is 0.248. The predicted octanol–water partition coefficient (Wildman–Crippen LogP) is 4.72. The molecule has 6 heteroatoms. The number of amides is 1. The van der Waals surface area contributed by atoms with E-state index in [0.717, 1.165) is 17.8 Å². The van der Waals surface area contributed by atoms with Gasteiger partial charge in [-0.1, -0.05) is 48.0 Å². The number of carbonyl (C=O) groups is 1. The summed E-state index contributed by atoms with van der Waals surface area (Å²) in [5.41, 5.74) is 2.85. The normalized spacial score (nSPS) is 10.5. The van der Waals surface area contributed by atoms with Gasteiger partial charge >= 0.3 is 0 Å². The number of aryl methyl sites for hydroxylation is 1. The number of carbonyl (C=O) groups excluding carboxylic acids is 1. The quantitative estimate of drug-likeness (QED) is 0.672. The van der Waals surface area contributed by atoms with Crippen LogP contribution in [0.15, 0.2) is 60.7 Å². The molecule has 0 aliphatic rings. The molecule has 0 aliphatic heterocycles. The maximum atomic E-state index is 12.6. The number of aromatic nitrogens is 2. The topological polar surface area (TPSA) is 58.1 Å². The summed E-state index contributed by atoms with van der Waals surface area (Å²) in [5, 5.41) is 3.39. The van der Waals surface area contributed by atoms with E-state index in [-0.39, 0.29) is 5.91 Å². The molecule has 0 saturated heterocycles. The minimum Gasteiger partial charge on any atom is -0.337 e. The Morgan fingerprint density at radius 3 is 2.56 bits per heavy atom. The van der Waals surface area contributed by atoms with Crippen molar-refractivity contribution in [3.8, 4) is 0 Å². The Morgan fingerprint density at radius 1 is 1.07 bits per heavy atom. The van der Waals surface area contributed by atoms with E-state index in [9.17, 15) is 4.79 Å². The van der Waals surface area contributed by atoms with Crippen molar-refractivity contribution in [2.45, 2.75) is 20.4 Å². The fraction of sp³-hybridized carbons (Fsp3) is 0.190. The van der Waals surface area contributed by atoms with Gasteiger partial charge in [0.15, 0.2) is 0 Å². The summed E-state index contributed by atoms with van der Waals surface area (Å²) in [4.78, 5) is 23.7. The van der Waals surface area contributed by atoms with Crippen LogP contribution in [0, 0.1) is 6.92 Å². The molecule has 1 N–H and O–H groups in total. The molecule has 1 aromatic heterocycles. The molecule has 0 unspecified atom stereocenters. The lowest BCUT2D eigenvalue weighted by Gasteiger charge is -2.21. The molecule has 0 saturated carbocycles. The minimum atomic E-state index is -0.292. The first kappa shape index (κ1) is 18.9. The SMILES string of the molecule is CCN(Cc1ccccc1)c1nc(C)cc(C(=O)Nc2cccc(Cl)c2)n1. The number of benzene rings is 2. The third-order valence-corrected chi connectivity index (χ3v) is 4.27. The van der Waals surface area contributed by atoms with Gasteiger partial charge in [-0.25, -0.2) is 9.97 Å². The highest BCUT2D eigenvalue weighted by Gasteiger charge is 2.15. The van der Waals surface area contributed by atoms with Crippen molar-refractivity contribution in [2.75, 3.05) is 16.8 Å². The van der Waals surface area contributed by atoms with E-state index in [2.05, 4.69) is 27.4 Å². The number of hydrogen-bond donors (Lipinski definition) is 1. The predicted molar refractivity (Wildman–Crippen MR) is 109 cm³/mol. The van der Waals surface area contributed by atoms with Crippen LogP contribution in [0.5, 0.6) is 0 Å². The molecule has 0 bridgehead atoms. The van der Waals surface area contributed by atoms with Crippen molar-refractivity contribution in [3.05, 3.63) is 82.6 Å². The molecule has 5 nitrogen and oxygen atoms in total. The number of nitrogens with one attached hydrogen (secondary N) is 1. The summed E-state index contributed by atoms with van der Waals surface area (Å²) in [6, 6.07) is 18.8. The van der Waals surface area contributed by atoms with Crippen LogP contribution in [0.4, 0.5) is 11.6 Å². The second-order valence-corrected chi connectivity index (χ2v) is 6.60. The standard InChI is InChI=1S/C21H21ClN4O/c1-3-26(14-16-8-5-4-6-9-16)21-23-15(2)12-19(25-21)20(27)24-18-11-7-10-17(22)13-18/h4-13H,3,14H2,1-2H3,(H,24,27). The van der Waals surface area contributed by atoms with Crippen LogP contribution in [0.3, 0.4) is 0 Å². The van der Waals surface area contributed by atoms with Gasteiger partial charge in [-0.15, -0.1) is 0 Å². The van der Waals surface area contributed by atoms with E-state index >= 15 is 0 Å². The molecule has 27 heavy (non-hydrogen) atoms. The largest absolute Gasteiger partial charge is 0.337 e. The second kappa shape index (κ2) is 8.64. The van der Waals surface area contributed by atoms with Crippen LogP contribution in [-0.4, -0.2) is 22.4 Å². The van der Waals surface area contributed by atoms with Gasteiger partial charge in [0.05, 0.1) is 0 Å². The van der Waals surface area contributed by atoms with Gasteiger partial charge in [0.25, 0.3) is 5.91 Å². The van der Waals surface area contributed by atoms with Crippen molar-refractivity contribution in [1.82, 2.24) is 9.97 Å². The second-order valence-electron chi connectivity index (χ2n) is 6.16. The minimum absolute atomic E-state index is 0.292. The summed E-state index contributed by atoms with van der Waals surface area (Å²) < 4.78 is 0. The first-order chi connectivity index (χ1) is 13.0. The highest BCUT2D eigenvalue weighted by molar-refractivity contribution is 6.30. The van der Waals surface area contributed by atoms with Crippen LogP contribution in [-0.2, 0) is 6.54 Å². The molecule has 2 aromatic carbocycles. The van der Waals surface area contributed by atoms with Gasteiger partial charge in [-0.3, -0.25) is 4.79 Å². The fourth-order valence-corrected chi connectivity index (χ4v) is 2.89. The van der Waals surface area contributed by atoms with Crippen molar-refractivity contribution in [3.63, 3.8) is 0 Å². The maximum absolute atomic E-state index is 12.6. The highest BCUT2D eigenvalue weighted by Crippen LogP contribution is 2.17. The van der Waals surface area contributed by atoms with Crippen molar-refractivity contribution < 1.29 is 4.79 Å². The number of halogens is 1. The Labute approximate surface area is 164 Å². The molecule has 1 amide bonds. The summed E-state index contributed by atoms with van der Waals surface area (Å²) in [6.07, 6.45) is 0. The molecule has 1 heterocycles. The van der Waals surface area contributed by atoms with E-state index in [1.54, 1.807) is 30.3 Å². The molecule has 0 atom stereocenters. The van der Waals surface area contributed by atoms with Gasteiger partial charge in [0.1, 0.15) is 5.69 Å². The first-order valence-corrected chi connectivity index (χ1v) is 9.14. The smallest absolute Gasteiger partial charge is 0.274 e. The number of anilines is 2. The van der Waals surface area contributed by atoms with Crippen molar-refractivity contribution >= 4 is 29.1 Å². The maximum Gasteiger partial charge on any atom is 0.274 e. The van der Waals surface area contributed by atoms with Crippen LogP contribution < -0.4 is 10.2 Å². The molecule has 138 valence electrons. The van der Waals surface area contributed by atoms with E-state index in [1.165, 1.54) is 0 Å². The molecule has 3 rings (SSSR count). The third kappa shape index (κ3) is 5.05. The molecule has 0 spiro atoms. The Hall–Kier alpha value is -2.92. The summed E-state index contributed by atoms with van der Waals surface area (Å²) in [6.45, 7) is 5.31. The van der Waals surface area contributed by atoms with Crippen LogP contribution >= 0.6 is 11.6 Å². The van der Waals surface area contributed by atoms with Gasteiger partial charge in [0.2, 0.25) is 5.95 Å². The first-order valence-electron chi connectivity index (χ1n) is 8.76. The van der Waals surface area contributed by atoms with Crippen LogP contribution in [0.1, 0.15) is 28.7 Å². The third-order valence-electron chi connectivity index (χ3n) is 4.04. The van der Waals surface area contributed by atoms with Gasteiger partial charge in [-0.05, 0) is 43.7 Å². The van der Waals surface area contributed by atoms with Crippen molar-refractivity contribution in [2.24, 2.45) is 0 Å². The molecular formula is C21H21ClN4O. The lowest BCUT2D eigenvalue weighted by Crippen LogP contribution is -2.26. The molecule has 0 radical (unpaired) electrons. The zero-order valence-electron chi connectivity index (χ0n) is 15.3. The lowest BCUT2D eigenvalue weighted by molar-refractivity contribution is 0.102. The average molecular weight is 381 g/mol. The van der Waals surface area contributed by atoms with E-state index < -0.39 is 0 Å². The van der Waals surface area contributed by atoms with Crippen LogP contribution in [0.25, 0.3) is 0 Å². The Bertz CT molecular complexity index is 930. The molecular weight excluding hydrogens is 360 g/mol. The zero-order chi connectivity index (χ0) is 19.2. The van der Waals surface area contributed by atoms with Crippen molar-refractivity contribution in [1.29, 1.82) is 0 Å². The summed E-state index contributed by atoms with van der Waals surface area (Å²) in [7, 11) is 0. The van der Waals surface area contributed by atoms with Gasteiger partial charge in [0, 0.05) is 29.5 Å². The number of rotatable bonds is 6. The summed E-state index contributed by atoms with van der Waals surface area (Å²) >= 11 is 5.98. The molecule has 0 fully saturated rings. The zero-order valence-corrected chi connectivity index (χ0v) is 16.1. The number of nitrogens with zero attached hydrogens (tertiary/aromatic N) is 3. The number of hydrogen-bond acceptors (Lipinski definition) is 4.